The van der Waals surface area contributed by atoms with Gasteiger partial charge in [0.2, 0.25) is 12.7 Å². The van der Waals surface area contributed by atoms with E-state index in [9.17, 15) is 4.79 Å². The number of fused-ring (bicyclic) bond motifs is 1. The second-order valence-corrected chi connectivity index (χ2v) is 6.38. The molecular formula is C17H19N3O4S. The van der Waals surface area contributed by atoms with Crippen LogP contribution in [0.2, 0.25) is 0 Å². The molecule has 1 amide bonds. The Balaban J connectivity index is 1.36. The average Bonchev–Trinajstić information content (AvgIpc) is 3.04. The molecule has 25 heavy (non-hydrogen) atoms. The van der Waals surface area contributed by atoms with Crippen LogP contribution < -0.4 is 19.5 Å². The Morgan fingerprint density at radius 1 is 1.20 bits per heavy atom. The Labute approximate surface area is 150 Å². The largest absolute Gasteiger partial charge is 0.492 e. The maximum absolute atomic E-state index is 11.9. The fraction of sp³-hybridized carbons (Fsp3) is 0.353. The summed E-state index contributed by atoms with van der Waals surface area (Å²) in [5, 5.41) is 3.42. The number of amides is 1. The smallest absolute Gasteiger partial charge is 0.231 e. The molecule has 2 heterocycles. The molecule has 0 fully saturated rings. The van der Waals surface area contributed by atoms with E-state index in [1.54, 1.807) is 12.1 Å². The van der Waals surface area contributed by atoms with Crippen LogP contribution in [0.1, 0.15) is 11.4 Å². The van der Waals surface area contributed by atoms with Crippen molar-refractivity contribution in [1.82, 2.24) is 15.3 Å². The van der Waals surface area contributed by atoms with Crippen LogP contribution in [0.15, 0.2) is 29.4 Å². The maximum atomic E-state index is 11.9. The van der Waals surface area contributed by atoms with Crippen molar-refractivity contribution in [2.45, 2.75) is 19.0 Å². The second kappa shape index (κ2) is 8.06. The third-order valence-corrected chi connectivity index (χ3v) is 4.18. The average molecular weight is 361 g/mol. The molecule has 1 aliphatic rings. The van der Waals surface area contributed by atoms with Gasteiger partial charge in [0.25, 0.3) is 0 Å². The number of thioether (sulfide) groups is 1. The number of benzene rings is 1. The van der Waals surface area contributed by atoms with E-state index in [1.165, 1.54) is 11.8 Å². The molecule has 0 saturated carbocycles. The van der Waals surface area contributed by atoms with Crippen LogP contribution in [-0.4, -0.2) is 41.6 Å². The van der Waals surface area contributed by atoms with Gasteiger partial charge in [-0.25, -0.2) is 9.97 Å². The predicted molar refractivity (Wildman–Crippen MR) is 93.3 cm³/mol. The minimum atomic E-state index is -0.0814. The summed E-state index contributed by atoms with van der Waals surface area (Å²) < 4.78 is 16.1. The Bertz CT molecular complexity index is 749. The van der Waals surface area contributed by atoms with E-state index < -0.39 is 0 Å². The van der Waals surface area contributed by atoms with Gasteiger partial charge in [0.1, 0.15) is 12.4 Å². The van der Waals surface area contributed by atoms with Gasteiger partial charge in [-0.3, -0.25) is 4.79 Å². The lowest BCUT2D eigenvalue weighted by molar-refractivity contribution is -0.118. The molecule has 8 heteroatoms. The van der Waals surface area contributed by atoms with Crippen LogP contribution in [0.4, 0.5) is 0 Å². The monoisotopic (exact) mass is 361 g/mol. The fourth-order valence-corrected chi connectivity index (χ4v) is 3.04. The van der Waals surface area contributed by atoms with E-state index in [0.29, 0.717) is 35.6 Å². The summed E-state index contributed by atoms with van der Waals surface area (Å²) in [6.45, 7) is 4.84. The Hall–Kier alpha value is -2.48. The topological polar surface area (TPSA) is 82.6 Å². The molecule has 1 N–H and O–H groups in total. The minimum absolute atomic E-state index is 0.0814. The molecule has 0 unspecified atom stereocenters. The molecule has 1 aromatic heterocycles. The summed E-state index contributed by atoms with van der Waals surface area (Å²) in [6, 6.07) is 7.29. The molecule has 2 aromatic rings. The number of nitrogens with one attached hydrogen (secondary N) is 1. The highest BCUT2D eigenvalue weighted by Crippen LogP contribution is 2.34. The number of ether oxygens (including phenoxy) is 3. The van der Waals surface area contributed by atoms with Crippen LogP contribution in [0, 0.1) is 13.8 Å². The Kier molecular flexibility index (Phi) is 5.60. The zero-order valence-electron chi connectivity index (χ0n) is 14.1. The molecule has 0 aliphatic carbocycles. The summed E-state index contributed by atoms with van der Waals surface area (Å²) in [5.74, 6) is 2.25. The van der Waals surface area contributed by atoms with Crippen molar-refractivity contribution in [2.75, 3.05) is 25.7 Å². The molecule has 0 atom stereocenters. The molecular weight excluding hydrogens is 342 g/mol. The highest BCUT2D eigenvalue weighted by Gasteiger charge is 2.13. The molecule has 3 rings (SSSR count). The van der Waals surface area contributed by atoms with Crippen LogP contribution in [-0.2, 0) is 4.79 Å². The quantitative estimate of drug-likeness (QED) is 0.459. The number of rotatable bonds is 7. The summed E-state index contributed by atoms with van der Waals surface area (Å²) >= 11 is 1.32. The first-order valence-corrected chi connectivity index (χ1v) is 8.83. The first-order chi connectivity index (χ1) is 12.1. The molecule has 0 spiro atoms. The van der Waals surface area contributed by atoms with Gasteiger partial charge in [0.05, 0.1) is 12.3 Å². The summed E-state index contributed by atoms with van der Waals surface area (Å²) in [6.07, 6.45) is 0. The number of hydrogen-bond acceptors (Lipinski definition) is 7. The van der Waals surface area contributed by atoms with E-state index in [-0.39, 0.29) is 18.5 Å². The highest BCUT2D eigenvalue weighted by atomic mass is 32.2. The molecule has 1 aromatic carbocycles. The molecule has 7 nitrogen and oxygen atoms in total. The van der Waals surface area contributed by atoms with Crippen molar-refractivity contribution in [3.8, 4) is 17.2 Å². The van der Waals surface area contributed by atoms with Gasteiger partial charge in [-0.2, -0.15) is 0 Å². The van der Waals surface area contributed by atoms with Gasteiger partial charge < -0.3 is 19.5 Å². The summed E-state index contributed by atoms with van der Waals surface area (Å²) in [4.78, 5) is 20.5. The second-order valence-electron chi connectivity index (χ2n) is 5.44. The molecule has 1 aliphatic heterocycles. The predicted octanol–water partition coefficient (Wildman–Crippen LogP) is 2.11. The lowest BCUT2D eigenvalue weighted by Crippen LogP contribution is -2.29. The fourth-order valence-electron chi connectivity index (χ4n) is 2.27. The van der Waals surface area contributed by atoms with Gasteiger partial charge in [0.15, 0.2) is 16.7 Å². The number of carbonyl (C=O) groups excluding carboxylic acids is 1. The van der Waals surface area contributed by atoms with E-state index in [0.717, 1.165) is 11.4 Å². The number of aryl methyl sites for hydroxylation is 2. The SMILES string of the molecule is Cc1cc(C)nc(SCC(=O)NCCOc2ccc3c(c2)OCO3)n1. The Morgan fingerprint density at radius 3 is 2.76 bits per heavy atom. The van der Waals surface area contributed by atoms with E-state index in [4.69, 9.17) is 14.2 Å². The molecule has 0 radical (unpaired) electrons. The van der Waals surface area contributed by atoms with Crippen molar-refractivity contribution in [1.29, 1.82) is 0 Å². The van der Waals surface area contributed by atoms with Gasteiger partial charge in [0, 0.05) is 17.5 Å². The number of nitrogens with zero attached hydrogens (tertiary/aromatic N) is 2. The lowest BCUT2D eigenvalue weighted by atomic mass is 10.3. The minimum Gasteiger partial charge on any atom is -0.492 e. The maximum Gasteiger partial charge on any atom is 0.231 e. The van der Waals surface area contributed by atoms with Crippen LogP contribution in [0.25, 0.3) is 0 Å². The number of carbonyl (C=O) groups is 1. The molecule has 0 saturated heterocycles. The van der Waals surface area contributed by atoms with Crippen molar-refractivity contribution < 1.29 is 19.0 Å². The molecule has 0 bridgehead atoms. The number of hydrogen-bond donors (Lipinski definition) is 1. The lowest BCUT2D eigenvalue weighted by Gasteiger charge is -2.08. The van der Waals surface area contributed by atoms with Crippen LogP contribution >= 0.6 is 11.8 Å². The van der Waals surface area contributed by atoms with Crippen LogP contribution in [0.3, 0.4) is 0 Å². The van der Waals surface area contributed by atoms with Gasteiger partial charge in [-0.1, -0.05) is 11.8 Å². The van der Waals surface area contributed by atoms with Gasteiger partial charge in [-0.15, -0.1) is 0 Å². The first-order valence-electron chi connectivity index (χ1n) is 7.84. The third kappa shape index (κ3) is 4.99. The summed E-state index contributed by atoms with van der Waals surface area (Å²) in [7, 11) is 0. The Morgan fingerprint density at radius 2 is 1.96 bits per heavy atom. The molecule has 132 valence electrons. The van der Waals surface area contributed by atoms with Gasteiger partial charge in [-0.05, 0) is 32.0 Å². The third-order valence-electron chi connectivity index (χ3n) is 3.33. The van der Waals surface area contributed by atoms with Crippen molar-refractivity contribution in [3.05, 3.63) is 35.7 Å². The zero-order chi connectivity index (χ0) is 17.6. The van der Waals surface area contributed by atoms with E-state index in [1.807, 2.05) is 26.0 Å². The van der Waals surface area contributed by atoms with E-state index in [2.05, 4.69) is 15.3 Å². The summed E-state index contributed by atoms with van der Waals surface area (Å²) in [5.41, 5.74) is 1.79. The number of aromatic nitrogens is 2. The standard InChI is InChI=1S/C17H19N3O4S/c1-11-7-12(2)20-17(19-11)25-9-16(21)18-5-6-22-13-3-4-14-15(8-13)24-10-23-14/h3-4,7-8H,5-6,9-10H2,1-2H3,(H,18,21). The zero-order valence-corrected chi connectivity index (χ0v) is 14.9. The van der Waals surface area contributed by atoms with Crippen molar-refractivity contribution in [3.63, 3.8) is 0 Å². The highest BCUT2D eigenvalue weighted by molar-refractivity contribution is 7.99. The van der Waals surface area contributed by atoms with Crippen LogP contribution in [0.5, 0.6) is 17.2 Å². The van der Waals surface area contributed by atoms with Crippen molar-refractivity contribution >= 4 is 17.7 Å². The first kappa shape index (κ1) is 17.3. The van der Waals surface area contributed by atoms with Gasteiger partial charge >= 0.3 is 0 Å². The normalized spacial score (nSPS) is 12.1. The van der Waals surface area contributed by atoms with E-state index >= 15 is 0 Å². The van der Waals surface area contributed by atoms with Crippen molar-refractivity contribution in [2.24, 2.45) is 0 Å².